The van der Waals surface area contributed by atoms with Crippen molar-refractivity contribution < 1.29 is 86.0 Å². The van der Waals surface area contributed by atoms with Crippen LogP contribution in [-0.4, -0.2) is 24.4 Å². The molecule has 0 aromatic heterocycles. The van der Waals surface area contributed by atoms with Crippen molar-refractivity contribution in [1.29, 1.82) is 0 Å². The van der Waals surface area contributed by atoms with Gasteiger partial charge in [-0.1, -0.05) is 0 Å². The molecule has 0 aliphatic rings. The molecule has 16 heteroatoms. The minimum atomic E-state index is -5.62. The summed E-state index contributed by atoms with van der Waals surface area (Å²) in [4.78, 5) is 0. The summed E-state index contributed by atoms with van der Waals surface area (Å²) in [6.45, 7) is 0. The molecule has 0 aromatic carbocycles. The zero-order valence-electron chi connectivity index (χ0n) is 6.48. The van der Waals surface area contributed by atoms with E-state index in [2.05, 4.69) is 0 Å². The van der Waals surface area contributed by atoms with Gasteiger partial charge in [0.25, 0.3) is 0 Å². The summed E-state index contributed by atoms with van der Waals surface area (Å²) in [5.74, 6) is 0. The molecule has 0 heterocycles. The smallest absolute Gasteiger partial charge is 3.00 e. The molecular formula is Mn3O12Sb. The third kappa shape index (κ3) is 12600. The van der Waals surface area contributed by atoms with Gasteiger partial charge in [0.05, 0.1) is 0 Å². The molecule has 0 N–H and O–H groups in total. The molecule has 0 aromatic rings. The maximum atomic E-state index is 8.58. The fourth-order valence-corrected chi connectivity index (χ4v) is 0. The Labute approximate surface area is 110 Å². The summed E-state index contributed by atoms with van der Waals surface area (Å²) >= 11 is -16.9. The van der Waals surface area contributed by atoms with E-state index in [1.807, 2.05) is 0 Å². The van der Waals surface area contributed by atoms with E-state index in [0.717, 1.165) is 0 Å². The minimum Gasteiger partial charge on any atom is 3.00 e. The Bertz CT molecular complexity index is 480. The van der Waals surface area contributed by atoms with Crippen LogP contribution in [0.5, 0.6) is 0 Å². The minimum absolute atomic E-state index is 0. The summed E-state index contributed by atoms with van der Waals surface area (Å²) in [6, 6.07) is 0. The number of rotatable bonds is 0. The fraction of sp³-hybridized carbons (Fsp3) is 0. The van der Waals surface area contributed by atoms with Crippen LogP contribution in [0.1, 0.15) is 0 Å². The first-order chi connectivity index (χ1) is 6.00. The molecule has 0 aliphatic heterocycles. The summed E-state index contributed by atoms with van der Waals surface area (Å²) < 4.78 is 103. The maximum absolute atomic E-state index is 8.58. The van der Waals surface area contributed by atoms with Gasteiger partial charge < -0.3 is 0 Å². The first kappa shape index (κ1) is 25.3. The molecule has 0 saturated heterocycles. The van der Waals surface area contributed by atoms with Gasteiger partial charge in [0.2, 0.25) is 0 Å². The van der Waals surface area contributed by atoms with E-state index in [4.69, 9.17) is 47.1 Å². The zero-order valence-corrected chi connectivity index (χ0v) is 12.6. The second-order valence-corrected chi connectivity index (χ2v) is 4.68. The quantitative estimate of drug-likeness (QED) is 0.298. The predicted molar refractivity (Wildman–Crippen MR) is 11.9 cm³/mol. The number of hydrogen-bond donors (Lipinski definition) is 0. The van der Waals surface area contributed by atoms with Gasteiger partial charge in [0.1, 0.15) is 0 Å². The van der Waals surface area contributed by atoms with E-state index in [1.165, 1.54) is 0 Å². The average Bonchev–Trinajstić information content (AvgIpc) is 1.41. The molecule has 0 rings (SSSR count). The van der Waals surface area contributed by atoms with Gasteiger partial charge in [0, 0.05) is 0 Å². The van der Waals surface area contributed by atoms with Crippen LogP contribution in [0.25, 0.3) is 0 Å². The molecule has 0 atom stereocenters. The average molecular weight is 479 g/mol. The summed E-state index contributed by atoms with van der Waals surface area (Å²) in [5, 5.41) is 0. The van der Waals surface area contributed by atoms with Crippen molar-refractivity contribution in [1.82, 2.24) is 0 Å². The first-order valence-electron chi connectivity index (χ1n) is 1.85. The third-order valence-corrected chi connectivity index (χ3v) is 0. The molecule has 0 spiro atoms. The normalized spacial score (nSPS) is 10.7. The first-order valence-corrected chi connectivity index (χ1v) is 7.63. The van der Waals surface area contributed by atoms with Crippen LogP contribution in [-0.2, 0) is 73.4 Å². The molecule has 0 saturated carbocycles. The molecule has 0 bridgehead atoms. The molecule has 0 fully saturated rings. The molecular weight excluding hydrogens is 479 g/mol. The molecule has 0 unspecified atom stereocenters. The van der Waals surface area contributed by atoms with Crippen molar-refractivity contribution in [3.05, 3.63) is 0 Å². The Hall–Kier alpha value is 0.457. The van der Waals surface area contributed by atoms with Crippen LogP contribution in [0.2, 0.25) is 0 Å². The van der Waals surface area contributed by atoms with Crippen LogP contribution in [0.3, 0.4) is 0 Å². The van der Waals surface area contributed by atoms with E-state index in [9.17, 15) is 0 Å². The van der Waals surface area contributed by atoms with Gasteiger partial charge in [-0.15, -0.1) is 0 Å². The summed E-state index contributed by atoms with van der Waals surface area (Å²) in [5.41, 5.74) is 0. The standard InChI is InChI=1S/3Mn.12O.Sb/q;;;;;;;;;;;;3*-1;+3. The van der Waals surface area contributed by atoms with E-state index in [1.54, 1.807) is 0 Å². The second-order valence-electron chi connectivity index (χ2n) is 1.13. The molecule has 0 aliphatic carbocycles. The van der Waals surface area contributed by atoms with E-state index >= 15 is 0 Å². The number of hydrogen-bond acceptors (Lipinski definition) is 12. The zero-order chi connectivity index (χ0) is 13.5. The Balaban J connectivity index is -0.0000000655. The van der Waals surface area contributed by atoms with Crippen molar-refractivity contribution in [3.63, 3.8) is 0 Å². The largest absolute Gasteiger partial charge is 3.00 e. The van der Waals surface area contributed by atoms with Gasteiger partial charge in [-0.05, 0) is 0 Å². The Kier molecular flexibility index (Phi) is 15.0. The molecule has 98 valence electrons. The van der Waals surface area contributed by atoms with Crippen LogP contribution >= 0.6 is 0 Å². The van der Waals surface area contributed by atoms with E-state index in [-0.39, 0.29) is 24.4 Å². The van der Waals surface area contributed by atoms with Gasteiger partial charge in [-0.25, -0.2) is 0 Å². The summed E-state index contributed by atoms with van der Waals surface area (Å²) in [6.07, 6.45) is 0. The molecule has 0 amide bonds. The molecule has 2 radical (unpaired) electrons. The van der Waals surface area contributed by atoms with Gasteiger partial charge in [-0.3, -0.25) is 0 Å². The second kappa shape index (κ2) is 9.48. The van der Waals surface area contributed by atoms with Crippen LogP contribution in [0.15, 0.2) is 0 Å². The van der Waals surface area contributed by atoms with Crippen LogP contribution in [0, 0.1) is 0 Å². The van der Waals surface area contributed by atoms with E-state index in [0.29, 0.717) is 0 Å². The van der Waals surface area contributed by atoms with Crippen molar-refractivity contribution >= 4 is 24.4 Å². The predicted octanol–water partition coefficient (Wildman–Crippen LogP) is -5.02. The monoisotopic (exact) mass is 478 g/mol. The Morgan fingerprint density at radius 2 is 0.438 bits per heavy atom. The van der Waals surface area contributed by atoms with Gasteiger partial charge in [0.15, 0.2) is 0 Å². The fourth-order valence-electron chi connectivity index (χ4n) is 0. The SMILES string of the molecule is [O]=[Mn](=[O])(=[O])[O-].[O]=[Mn](=[O])(=[O])[O-].[O]=[Mn](=[O])(=[O])[O-].[Sb+3]. The maximum Gasteiger partial charge on any atom is 3.00 e. The van der Waals surface area contributed by atoms with Gasteiger partial charge >= 0.3 is 110 Å². The third-order valence-electron chi connectivity index (χ3n) is 0. The Morgan fingerprint density at radius 3 is 0.438 bits per heavy atom. The van der Waals surface area contributed by atoms with Crippen molar-refractivity contribution in [3.8, 4) is 0 Å². The van der Waals surface area contributed by atoms with Crippen LogP contribution in [0.4, 0.5) is 0 Å². The van der Waals surface area contributed by atoms with Crippen molar-refractivity contribution in [2.45, 2.75) is 0 Å². The summed E-state index contributed by atoms with van der Waals surface area (Å²) in [7, 11) is 0. The Morgan fingerprint density at radius 1 is 0.438 bits per heavy atom. The van der Waals surface area contributed by atoms with Crippen molar-refractivity contribution in [2.24, 2.45) is 0 Å². The van der Waals surface area contributed by atoms with Gasteiger partial charge in [-0.2, -0.15) is 0 Å². The van der Waals surface area contributed by atoms with Crippen LogP contribution < -0.4 is 12.6 Å². The molecule has 12 nitrogen and oxygen atoms in total. The molecule has 16 heavy (non-hydrogen) atoms. The van der Waals surface area contributed by atoms with E-state index < -0.39 is 38.9 Å². The topological polar surface area (TPSA) is 223 Å². The van der Waals surface area contributed by atoms with Crippen molar-refractivity contribution in [2.75, 3.05) is 0 Å².